The van der Waals surface area contributed by atoms with Crippen LogP contribution in [0.2, 0.25) is 0 Å². The van der Waals surface area contributed by atoms with Crippen molar-refractivity contribution in [3.05, 3.63) is 71.9 Å². The molecular formula is C26H29N7O2. The molecule has 0 saturated carbocycles. The summed E-state index contributed by atoms with van der Waals surface area (Å²) in [5.74, 6) is 0.788. The number of aromatic amines is 1. The predicted molar refractivity (Wildman–Crippen MR) is 141 cm³/mol. The Balaban J connectivity index is 1.77. The van der Waals surface area contributed by atoms with E-state index in [0.29, 0.717) is 24.5 Å². The maximum absolute atomic E-state index is 13.1. The summed E-state index contributed by atoms with van der Waals surface area (Å²) in [6, 6.07) is 9.54. The number of rotatable bonds is 9. The van der Waals surface area contributed by atoms with Crippen molar-refractivity contribution in [3.8, 4) is 22.3 Å². The summed E-state index contributed by atoms with van der Waals surface area (Å²) in [6.45, 7) is 8.60. The van der Waals surface area contributed by atoms with Gasteiger partial charge in [-0.1, -0.05) is 20.4 Å². The number of carbonyl (C=O) groups is 1. The number of carbonyl (C=O) groups excluding carboxylic acids is 1. The van der Waals surface area contributed by atoms with E-state index in [4.69, 9.17) is 0 Å². The summed E-state index contributed by atoms with van der Waals surface area (Å²) >= 11 is 0. The van der Waals surface area contributed by atoms with Crippen LogP contribution in [0.3, 0.4) is 0 Å². The van der Waals surface area contributed by atoms with E-state index in [0.717, 1.165) is 33.5 Å². The Morgan fingerprint density at radius 2 is 2.00 bits per heavy atom. The normalized spacial score (nSPS) is 11.1. The molecule has 4 rings (SSSR count). The van der Waals surface area contributed by atoms with Crippen LogP contribution >= 0.6 is 0 Å². The number of aromatic nitrogens is 4. The lowest BCUT2D eigenvalue weighted by molar-refractivity contribution is -0.111. The van der Waals surface area contributed by atoms with E-state index in [1.807, 2.05) is 45.3 Å². The number of nitrogens with one attached hydrogen (secondary N) is 4. The van der Waals surface area contributed by atoms with Crippen molar-refractivity contribution < 1.29 is 4.79 Å². The monoisotopic (exact) mass is 471 g/mol. The van der Waals surface area contributed by atoms with Crippen molar-refractivity contribution in [3.63, 3.8) is 0 Å². The summed E-state index contributed by atoms with van der Waals surface area (Å²) < 4.78 is 1.55. The maximum Gasteiger partial charge on any atom is 0.252 e. The maximum atomic E-state index is 13.1. The van der Waals surface area contributed by atoms with Gasteiger partial charge in [0.1, 0.15) is 17.3 Å². The molecule has 0 unspecified atom stereocenters. The summed E-state index contributed by atoms with van der Waals surface area (Å²) in [7, 11) is 1.82. The summed E-state index contributed by atoms with van der Waals surface area (Å²) in [6.07, 6.45) is 6.56. The lowest BCUT2D eigenvalue weighted by Crippen LogP contribution is -2.32. The van der Waals surface area contributed by atoms with Crippen molar-refractivity contribution in [2.75, 3.05) is 24.2 Å². The highest BCUT2D eigenvalue weighted by molar-refractivity contribution is 5.99. The fourth-order valence-corrected chi connectivity index (χ4v) is 3.87. The molecule has 9 heteroatoms. The zero-order chi connectivity index (χ0) is 24.9. The second-order valence-corrected chi connectivity index (χ2v) is 8.42. The van der Waals surface area contributed by atoms with Crippen LogP contribution in [0.4, 0.5) is 11.6 Å². The number of fused-ring (bicyclic) bond motifs is 1. The van der Waals surface area contributed by atoms with Crippen LogP contribution in [0.5, 0.6) is 0 Å². The minimum Gasteiger partial charge on any atom is -0.373 e. The van der Waals surface area contributed by atoms with Crippen LogP contribution in [-0.2, 0) is 11.3 Å². The lowest BCUT2D eigenvalue weighted by Gasteiger charge is -2.16. The molecule has 0 atom stereocenters. The van der Waals surface area contributed by atoms with E-state index in [1.54, 1.807) is 29.1 Å². The molecule has 0 radical (unpaired) electrons. The van der Waals surface area contributed by atoms with E-state index in [9.17, 15) is 9.59 Å². The Morgan fingerprint density at radius 1 is 1.17 bits per heavy atom. The van der Waals surface area contributed by atoms with Crippen molar-refractivity contribution >= 4 is 28.6 Å². The highest BCUT2D eigenvalue weighted by atomic mass is 16.2. The molecule has 4 N–H and O–H groups in total. The van der Waals surface area contributed by atoms with Crippen molar-refractivity contribution in [2.24, 2.45) is 0 Å². The number of amides is 1. The SMILES string of the molecule is C=CC(=O)Nc1cc(-c2cnc3[nH]cc(-c4ccnc(NC)c4)c3c2)cc(=O)n1CCNC(C)C. The molecule has 0 aliphatic carbocycles. The van der Waals surface area contributed by atoms with Gasteiger partial charge in [-0.05, 0) is 41.5 Å². The molecule has 9 nitrogen and oxygen atoms in total. The number of pyridine rings is 3. The van der Waals surface area contributed by atoms with E-state index in [2.05, 4.69) is 37.5 Å². The molecule has 0 bridgehead atoms. The second-order valence-electron chi connectivity index (χ2n) is 8.42. The number of H-pyrrole nitrogens is 1. The fourth-order valence-electron chi connectivity index (χ4n) is 3.87. The Hall–Kier alpha value is -4.24. The average Bonchev–Trinajstić information content (AvgIpc) is 3.28. The van der Waals surface area contributed by atoms with Gasteiger partial charge in [0.25, 0.3) is 5.56 Å². The van der Waals surface area contributed by atoms with Gasteiger partial charge >= 0.3 is 0 Å². The van der Waals surface area contributed by atoms with E-state index >= 15 is 0 Å². The fraction of sp³-hybridized carbons (Fsp3) is 0.231. The number of anilines is 2. The predicted octanol–water partition coefficient (Wildman–Crippen LogP) is 3.62. The molecular weight excluding hydrogens is 442 g/mol. The first-order valence-electron chi connectivity index (χ1n) is 11.4. The molecule has 35 heavy (non-hydrogen) atoms. The third-order valence-corrected chi connectivity index (χ3v) is 5.64. The smallest absolute Gasteiger partial charge is 0.252 e. The van der Waals surface area contributed by atoms with Crippen molar-refractivity contribution in [2.45, 2.75) is 26.4 Å². The van der Waals surface area contributed by atoms with Crippen LogP contribution in [0.25, 0.3) is 33.3 Å². The average molecular weight is 472 g/mol. The molecule has 0 aromatic carbocycles. The molecule has 180 valence electrons. The quantitative estimate of drug-likeness (QED) is 0.277. The zero-order valence-electron chi connectivity index (χ0n) is 20.1. The number of hydrogen-bond donors (Lipinski definition) is 4. The van der Waals surface area contributed by atoms with E-state index in [1.165, 1.54) is 6.08 Å². The van der Waals surface area contributed by atoms with Crippen molar-refractivity contribution in [1.29, 1.82) is 0 Å². The highest BCUT2D eigenvalue weighted by Gasteiger charge is 2.14. The van der Waals surface area contributed by atoms with Gasteiger partial charge < -0.3 is 20.9 Å². The molecule has 0 spiro atoms. The molecule has 0 aliphatic heterocycles. The van der Waals surface area contributed by atoms with Crippen LogP contribution in [0.1, 0.15) is 13.8 Å². The Kier molecular flexibility index (Phi) is 7.07. The van der Waals surface area contributed by atoms with Crippen molar-refractivity contribution in [1.82, 2.24) is 24.8 Å². The second kappa shape index (κ2) is 10.4. The molecule has 0 fully saturated rings. The van der Waals surface area contributed by atoms with Gasteiger partial charge in [0, 0.05) is 67.3 Å². The zero-order valence-corrected chi connectivity index (χ0v) is 20.1. The van der Waals surface area contributed by atoms with Gasteiger partial charge in [0.2, 0.25) is 5.91 Å². The highest BCUT2D eigenvalue weighted by Crippen LogP contribution is 2.32. The van der Waals surface area contributed by atoms with Gasteiger partial charge in [0.15, 0.2) is 0 Å². The minimum absolute atomic E-state index is 0.213. The van der Waals surface area contributed by atoms with Crippen LogP contribution in [0.15, 0.2) is 66.4 Å². The van der Waals surface area contributed by atoms with Crippen LogP contribution in [-0.4, -0.2) is 45.1 Å². The molecule has 1 amide bonds. The largest absolute Gasteiger partial charge is 0.373 e. The van der Waals surface area contributed by atoms with Crippen LogP contribution < -0.4 is 21.5 Å². The summed E-state index contributed by atoms with van der Waals surface area (Å²) in [4.78, 5) is 37.2. The molecule has 4 aromatic heterocycles. The standard InChI is InChI=1S/C26H29N7O2/c1-5-24(34)32-23-12-18(13-25(35)33(23)9-8-28-16(2)3)19-10-20-21(15-31-26(20)30-14-19)17-6-7-29-22(11-17)27-4/h5-7,10-16,28H,1,8-9H2,2-4H3,(H,27,29)(H,30,31)(H,32,34). The lowest BCUT2D eigenvalue weighted by atomic mass is 10.0. The van der Waals surface area contributed by atoms with E-state index in [-0.39, 0.29) is 17.5 Å². The minimum atomic E-state index is -0.383. The van der Waals surface area contributed by atoms with Gasteiger partial charge in [-0.3, -0.25) is 14.2 Å². The first kappa shape index (κ1) is 23.9. The van der Waals surface area contributed by atoms with Gasteiger partial charge in [-0.15, -0.1) is 0 Å². The van der Waals surface area contributed by atoms with E-state index < -0.39 is 0 Å². The number of nitrogens with zero attached hydrogens (tertiary/aromatic N) is 3. The molecule has 0 saturated heterocycles. The Bertz CT molecular complexity index is 1440. The third-order valence-electron chi connectivity index (χ3n) is 5.64. The summed E-state index contributed by atoms with van der Waals surface area (Å²) in [5.41, 5.74) is 3.91. The van der Waals surface area contributed by atoms with Gasteiger partial charge in [0.05, 0.1) is 0 Å². The first-order chi connectivity index (χ1) is 16.9. The Labute approximate surface area is 203 Å². The number of hydrogen-bond acceptors (Lipinski definition) is 6. The van der Waals surface area contributed by atoms with Crippen LogP contribution in [0, 0.1) is 0 Å². The topological polar surface area (TPSA) is 117 Å². The third kappa shape index (κ3) is 5.30. The molecule has 4 aromatic rings. The first-order valence-corrected chi connectivity index (χ1v) is 11.4. The summed E-state index contributed by atoms with van der Waals surface area (Å²) in [5, 5.41) is 10.0. The van der Waals surface area contributed by atoms with Gasteiger partial charge in [-0.25, -0.2) is 9.97 Å². The molecule has 0 aliphatic rings. The molecule has 4 heterocycles. The van der Waals surface area contributed by atoms with Gasteiger partial charge in [-0.2, -0.15) is 0 Å². The Morgan fingerprint density at radius 3 is 2.74 bits per heavy atom.